The molecule has 0 amide bonds. The lowest BCUT2D eigenvalue weighted by Gasteiger charge is -2.24. The Morgan fingerprint density at radius 2 is 1.96 bits per heavy atom. The molecule has 0 heterocycles. The average Bonchev–Trinajstić information content (AvgIpc) is 2.84. The zero-order valence-electron chi connectivity index (χ0n) is 17.6. The van der Waals surface area contributed by atoms with Crippen molar-refractivity contribution in [3.8, 4) is 0 Å². The SMILES string of the molecule is C=C1C(=CC=CC)C=Cc2ccccc2C1CC(O)OCCCN(CC)CC. The fraction of sp³-hybridized carbons (Fsp3) is 0.440. The molecular weight excluding hydrogens is 346 g/mol. The Morgan fingerprint density at radius 1 is 1.21 bits per heavy atom. The van der Waals surface area contributed by atoms with E-state index in [-0.39, 0.29) is 5.92 Å². The number of aliphatic hydroxyl groups is 1. The molecule has 1 aromatic rings. The van der Waals surface area contributed by atoms with Crippen LogP contribution in [0.4, 0.5) is 0 Å². The Hall–Kier alpha value is -1.94. The van der Waals surface area contributed by atoms with E-state index in [0.29, 0.717) is 13.0 Å². The summed E-state index contributed by atoms with van der Waals surface area (Å²) >= 11 is 0. The van der Waals surface area contributed by atoms with Gasteiger partial charge in [0.25, 0.3) is 0 Å². The molecule has 28 heavy (non-hydrogen) atoms. The van der Waals surface area contributed by atoms with Crippen LogP contribution < -0.4 is 0 Å². The van der Waals surface area contributed by atoms with Crippen molar-refractivity contribution in [2.45, 2.75) is 45.8 Å². The third-order valence-electron chi connectivity index (χ3n) is 5.33. The lowest BCUT2D eigenvalue weighted by Crippen LogP contribution is -2.26. The van der Waals surface area contributed by atoms with E-state index < -0.39 is 6.29 Å². The third kappa shape index (κ3) is 6.30. The highest BCUT2D eigenvalue weighted by Gasteiger charge is 2.24. The fourth-order valence-electron chi connectivity index (χ4n) is 3.60. The molecule has 1 aliphatic rings. The Morgan fingerprint density at radius 3 is 2.68 bits per heavy atom. The van der Waals surface area contributed by atoms with Gasteiger partial charge in [0.15, 0.2) is 6.29 Å². The van der Waals surface area contributed by atoms with Crippen LogP contribution in [0.1, 0.15) is 50.7 Å². The van der Waals surface area contributed by atoms with Gasteiger partial charge in [-0.3, -0.25) is 0 Å². The van der Waals surface area contributed by atoms with E-state index in [1.165, 1.54) is 11.1 Å². The van der Waals surface area contributed by atoms with Gasteiger partial charge in [0, 0.05) is 18.9 Å². The van der Waals surface area contributed by atoms with Gasteiger partial charge in [-0.15, -0.1) is 0 Å². The van der Waals surface area contributed by atoms with Crippen LogP contribution in [0.3, 0.4) is 0 Å². The van der Waals surface area contributed by atoms with Crippen molar-refractivity contribution >= 4 is 6.08 Å². The van der Waals surface area contributed by atoms with Crippen molar-refractivity contribution < 1.29 is 9.84 Å². The Labute approximate surface area is 170 Å². The van der Waals surface area contributed by atoms with Crippen molar-refractivity contribution in [2.24, 2.45) is 0 Å². The smallest absolute Gasteiger partial charge is 0.155 e. The maximum Gasteiger partial charge on any atom is 0.155 e. The molecule has 3 nitrogen and oxygen atoms in total. The highest BCUT2D eigenvalue weighted by atomic mass is 16.6. The summed E-state index contributed by atoms with van der Waals surface area (Å²) in [5.41, 5.74) is 4.47. The first-order chi connectivity index (χ1) is 13.6. The highest BCUT2D eigenvalue weighted by Crippen LogP contribution is 2.38. The molecule has 2 rings (SSSR count). The molecule has 0 aliphatic heterocycles. The van der Waals surface area contributed by atoms with Gasteiger partial charge in [-0.05, 0) is 48.7 Å². The lowest BCUT2D eigenvalue weighted by molar-refractivity contribution is -0.106. The number of fused-ring (bicyclic) bond motifs is 1. The van der Waals surface area contributed by atoms with Gasteiger partial charge in [0.1, 0.15) is 0 Å². The largest absolute Gasteiger partial charge is 0.368 e. The van der Waals surface area contributed by atoms with Crippen LogP contribution >= 0.6 is 0 Å². The molecule has 0 bridgehead atoms. The van der Waals surface area contributed by atoms with Gasteiger partial charge in [-0.2, -0.15) is 0 Å². The predicted octanol–water partition coefficient (Wildman–Crippen LogP) is 5.31. The highest BCUT2D eigenvalue weighted by molar-refractivity contribution is 5.65. The molecule has 152 valence electrons. The van der Waals surface area contributed by atoms with Crippen LogP contribution in [0.2, 0.25) is 0 Å². The van der Waals surface area contributed by atoms with Crippen molar-refractivity contribution in [1.82, 2.24) is 4.90 Å². The van der Waals surface area contributed by atoms with Gasteiger partial charge in [0.05, 0.1) is 6.61 Å². The number of ether oxygens (including phenoxy) is 1. The van der Waals surface area contributed by atoms with Gasteiger partial charge in [-0.25, -0.2) is 0 Å². The maximum absolute atomic E-state index is 10.5. The Balaban J connectivity index is 2.06. The molecule has 0 saturated carbocycles. The van der Waals surface area contributed by atoms with E-state index in [2.05, 4.69) is 55.7 Å². The number of allylic oxidation sites excluding steroid dienone is 6. The molecule has 3 heteroatoms. The first-order valence-corrected chi connectivity index (χ1v) is 10.4. The van der Waals surface area contributed by atoms with E-state index >= 15 is 0 Å². The number of hydrogen-bond acceptors (Lipinski definition) is 3. The summed E-state index contributed by atoms with van der Waals surface area (Å²) in [5.74, 6) is 0.0282. The molecule has 0 radical (unpaired) electrons. The molecule has 1 aromatic carbocycles. The van der Waals surface area contributed by atoms with E-state index in [1.54, 1.807) is 0 Å². The maximum atomic E-state index is 10.5. The van der Waals surface area contributed by atoms with Gasteiger partial charge in [-0.1, -0.05) is 75.1 Å². The van der Waals surface area contributed by atoms with Crippen molar-refractivity contribution in [1.29, 1.82) is 0 Å². The minimum atomic E-state index is -0.799. The molecule has 0 spiro atoms. The zero-order valence-corrected chi connectivity index (χ0v) is 17.6. The summed E-state index contributed by atoms with van der Waals surface area (Å²) in [6.07, 6.45) is 11.0. The minimum absolute atomic E-state index is 0.0282. The number of benzene rings is 1. The average molecular weight is 382 g/mol. The van der Waals surface area contributed by atoms with Crippen LogP contribution in [0, 0.1) is 0 Å². The molecule has 0 saturated heterocycles. The van der Waals surface area contributed by atoms with Crippen molar-refractivity contribution in [3.63, 3.8) is 0 Å². The van der Waals surface area contributed by atoms with Crippen LogP contribution in [-0.4, -0.2) is 42.5 Å². The second kappa shape index (κ2) is 11.8. The molecule has 0 aromatic heterocycles. The lowest BCUT2D eigenvalue weighted by atomic mass is 9.84. The van der Waals surface area contributed by atoms with Gasteiger partial charge < -0.3 is 14.7 Å². The Kier molecular flexibility index (Phi) is 9.42. The van der Waals surface area contributed by atoms with Gasteiger partial charge >= 0.3 is 0 Å². The molecular formula is C25H35NO2. The zero-order chi connectivity index (χ0) is 20.4. The predicted molar refractivity (Wildman–Crippen MR) is 119 cm³/mol. The number of hydrogen-bond donors (Lipinski definition) is 1. The molecule has 2 unspecified atom stereocenters. The normalized spacial score (nSPS) is 19.4. The Bertz CT molecular complexity index is 713. The summed E-state index contributed by atoms with van der Waals surface area (Å²) < 4.78 is 5.74. The first-order valence-electron chi connectivity index (χ1n) is 10.4. The van der Waals surface area contributed by atoms with Crippen LogP contribution in [0.5, 0.6) is 0 Å². The number of aliphatic hydroxyl groups excluding tert-OH is 1. The minimum Gasteiger partial charge on any atom is -0.368 e. The topological polar surface area (TPSA) is 32.7 Å². The summed E-state index contributed by atoms with van der Waals surface area (Å²) in [7, 11) is 0. The van der Waals surface area contributed by atoms with Crippen LogP contribution in [-0.2, 0) is 4.74 Å². The van der Waals surface area contributed by atoms with E-state index in [0.717, 1.165) is 37.2 Å². The number of rotatable bonds is 10. The van der Waals surface area contributed by atoms with Crippen LogP contribution in [0.25, 0.3) is 6.08 Å². The van der Waals surface area contributed by atoms with Crippen molar-refractivity contribution in [2.75, 3.05) is 26.2 Å². The summed E-state index contributed by atoms with van der Waals surface area (Å²) in [6, 6.07) is 8.33. The quantitative estimate of drug-likeness (QED) is 0.440. The molecule has 0 fully saturated rings. The van der Waals surface area contributed by atoms with E-state index in [4.69, 9.17) is 4.74 Å². The standard InChI is InChI=1S/C25H35NO2/c1-5-8-12-21-15-16-22-13-9-10-14-23(22)24(20(21)4)19-25(27)28-18-11-17-26(6-2)7-3/h5,8-10,12-16,24-25,27H,4,6-7,11,17-19H2,1-3H3. The van der Waals surface area contributed by atoms with E-state index in [9.17, 15) is 5.11 Å². The van der Waals surface area contributed by atoms with E-state index in [1.807, 2.05) is 31.2 Å². The summed E-state index contributed by atoms with van der Waals surface area (Å²) in [5, 5.41) is 10.5. The second-order valence-electron chi connectivity index (χ2n) is 7.13. The third-order valence-corrected chi connectivity index (χ3v) is 5.33. The molecule has 1 aliphatic carbocycles. The summed E-state index contributed by atoms with van der Waals surface area (Å²) in [6.45, 7) is 14.4. The second-order valence-corrected chi connectivity index (χ2v) is 7.13. The van der Waals surface area contributed by atoms with Crippen LogP contribution in [0.15, 0.2) is 66.3 Å². The number of nitrogens with zero attached hydrogens (tertiary/aromatic N) is 1. The summed E-state index contributed by atoms with van der Waals surface area (Å²) in [4.78, 5) is 2.36. The first kappa shape index (κ1) is 22.4. The fourth-order valence-corrected chi connectivity index (χ4v) is 3.60. The van der Waals surface area contributed by atoms with Gasteiger partial charge in [0.2, 0.25) is 0 Å². The monoisotopic (exact) mass is 381 g/mol. The molecule has 2 atom stereocenters. The molecule has 1 N–H and O–H groups in total. The van der Waals surface area contributed by atoms with Crippen molar-refractivity contribution in [3.05, 3.63) is 77.4 Å².